The van der Waals surface area contributed by atoms with Crippen LogP contribution in [-0.2, 0) is 6.42 Å². The minimum absolute atomic E-state index is 0.0129. The number of hydrogen-bond acceptors (Lipinski definition) is 5. The van der Waals surface area contributed by atoms with Crippen molar-refractivity contribution in [3.63, 3.8) is 0 Å². The van der Waals surface area contributed by atoms with Crippen LogP contribution in [0.5, 0.6) is 0 Å². The molecule has 1 aromatic carbocycles. The van der Waals surface area contributed by atoms with Crippen LogP contribution in [0.4, 0.5) is 5.69 Å². The van der Waals surface area contributed by atoms with Crippen molar-refractivity contribution >= 4 is 22.6 Å². The topological polar surface area (TPSA) is 84.1 Å². The summed E-state index contributed by atoms with van der Waals surface area (Å²) < 4.78 is 1.67. The van der Waals surface area contributed by atoms with E-state index in [1.807, 2.05) is 18.2 Å². The number of aromatic carboxylic acids is 1. The first-order valence-electron chi connectivity index (χ1n) is 8.44. The molecule has 0 bridgehead atoms. The number of pyridine rings is 1. The molecule has 25 heavy (non-hydrogen) atoms. The van der Waals surface area contributed by atoms with Crippen molar-refractivity contribution in [3.05, 3.63) is 47.9 Å². The Morgan fingerprint density at radius 1 is 1.36 bits per heavy atom. The molecule has 0 radical (unpaired) electrons. The number of rotatable bonds is 4. The zero-order chi connectivity index (χ0) is 17.4. The van der Waals surface area contributed by atoms with Crippen molar-refractivity contribution in [2.24, 2.45) is 0 Å². The normalized spacial score (nSPS) is 17.3. The Hall–Kier alpha value is -2.96. The maximum Gasteiger partial charge on any atom is 0.358 e. The van der Waals surface area contributed by atoms with E-state index < -0.39 is 5.97 Å². The summed E-state index contributed by atoms with van der Waals surface area (Å²) >= 11 is 0. The number of fused-ring (bicyclic) bond motifs is 1. The van der Waals surface area contributed by atoms with Gasteiger partial charge in [0.2, 0.25) is 0 Å². The number of para-hydroxylation sites is 1. The zero-order valence-corrected chi connectivity index (χ0v) is 14.0. The van der Waals surface area contributed by atoms with Gasteiger partial charge in [0.25, 0.3) is 0 Å². The fourth-order valence-corrected chi connectivity index (χ4v) is 3.38. The Balaban J connectivity index is 1.65. The van der Waals surface area contributed by atoms with E-state index in [-0.39, 0.29) is 11.7 Å². The summed E-state index contributed by atoms with van der Waals surface area (Å²) in [5.74, 6) is -1.05. The Bertz CT molecular complexity index is 936. The number of benzene rings is 1. The van der Waals surface area contributed by atoms with Gasteiger partial charge < -0.3 is 10.0 Å². The third-order valence-electron chi connectivity index (χ3n) is 4.72. The predicted octanol–water partition coefficient (Wildman–Crippen LogP) is 2.54. The number of nitrogens with zero attached hydrogens (tertiary/aromatic N) is 5. The number of carboxylic acids is 1. The van der Waals surface area contributed by atoms with Crippen LogP contribution in [0.1, 0.15) is 35.6 Å². The van der Waals surface area contributed by atoms with E-state index in [1.54, 1.807) is 4.68 Å². The summed E-state index contributed by atoms with van der Waals surface area (Å²) in [6.45, 7) is 3.78. The number of anilines is 1. The summed E-state index contributed by atoms with van der Waals surface area (Å²) in [7, 11) is 0. The lowest BCUT2D eigenvalue weighted by atomic mass is 10.1. The number of carboxylic acid groups (broad SMARTS) is 1. The molecule has 128 valence electrons. The van der Waals surface area contributed by atoms with Gasteiger partial charge in [-0.2, -0.15) is 0 Å². The van der Waals surface area contributed by atoms with Crippen molar-refractivity contribution in [2.45, 2.75) is 25.8 Å². The highest BCUT2D eigenvalue weighted by Crippen LogP contribution is 2.32. The van der Waals surface area contributed by atoms with Crippen molar-refractivity contribution in [3.8, 4) is 0 Å². The van der Waals surface area contributed by atoms with Crippen LogP contribution in [0.3, 0.4) is 0 Å². The molecule has 1 saturated heterocycles. The third kappa shape index (κ3) is 2.82. The van der Waals surface area contributed by atoms with Gasteiger partial charge >= 0.3 is 5.97 Å². The smallest absolute Gasteiger partial charge is 0.358 e. The summed E-state index contributed by atoms with van der Waals surface area (Å²) in [6, 6.07) is 10.5. The minimum Gasteiger partial charge on any atom is -0.476 e. The lowest BCUT2D eigenvalue weighted by molar-refractivity contribution is 0.0690. The second-order valence-corrected chi connectivity index (χ2v) is 6.28. The first-order valence-corrected chi connectivity index (χ1v) is 8.44. The molecule has 4 rings (SSSR count). The zero-order valence-electron chi connectivity index (χ0n) is 14.0. The quantitative estimate of drug-likeness (QED) is 0.787. The average Bonchev–Trinajstić information content (AvgIpc) is 3.30. The fourth-order valence-electron chi connectivity index (χ4n) is 3.38. The van der Waals surface area contributed by atoms with Crippen LogP contribution < -0.4 is 4.90 Å². The third-order valence-corrected chi connectivity index (χ3v) is 4.72. The molecule has 0 saturated carbocycles. The standard InChI is InChI=1S/C18H19N5O2/c1-2-12-9-17(14-5-3-4-6-15(14)19-12)22-8-7-13(10-22)23-11-16(18(24)25)20-21-23/h3-6,9,11,13H,2,7-8,10H2,1H3,(H,24,25). The number of carbonyl (C=O) groups is 1. The molecule has 0 spiro atoms. The molecular formula is C18H19N5O2. The summed E-state index contributed by atoms with van der Waals surface area (Å²) in [4.78, 5) is 18.0. The Morgan fingerprint density at radius 2 is 2.20 bits per heavy atom. The van der Waals surface area contributed by atoms with Crippen molar-refractivity contribution < 1.29 is 9.90 Å². The fraction of sp³-hybridized carbons (Fsp3) is 0.333. The SMILES string of the molecule is CCc1cc(N2CCC(n3cc(C(=O)O)nn3)C2)c2ccccc2n1. The average molecular weight is 337 g/mol. The van der Waals surface area contributed by atoms with E-state index in [4.69, 9.17) is 10.1 Å². The van der Waals surface area contributed by atoms with Gasteiger partial charge in [-0.3, -0.25) is 4.98 Å². The molecule has 7 nitrogen and oxygen atoms in total. The highest BCUT2D eigenvalue weighted by atomic mass is 16.4. The Labute approximate surface area is 144 Å². The van der Waals surface area contributed by atoms with Crippen LogP contribution in [0.2, 0.25) is 0 Å². The molecule has 0 amide bonds. The molecule has 2 aromatic heterocycles. The first-order chi connectivity index (χ1) is 12.2. The molecule has 1 aliphatic rings. The van der Waals surface area contributed by atoms with Crippen LogP contribution in [0.25, 0.3) is 10.9 Å². The Kier molecular flexibility index (Phi) is 3.83. The molecule has 3 heterocycles. The van der Waals surface area contributed by atoms with Gasteiger partial charge in [0, 0.05) is 29.9 Å². The van der Waals surface area contributed by atoms with Gasteiger partial charge in [-0.15, -0.1) is 5.10 Å². The maximum atomic E-state index is 11.0. The molecular weight excluding hydrogens is 318 g/mol. The largest absolute Gasteiger partial charge is 0.476 e. The lowest BCUT2D eigenvalue weighted by Gasteiger charge is -2.21. The highest BCUT2D eigenvalue weighted by Gasteiger charge is 2.27. The van der Waals surface area contributed by atoms with Crippen LogP contribution in [0, 0.1) is 0 Å². The molecule has 1 N–H and O–H groups in total. The highest BCUT2D eigenvalue weighted by molar-refractivity contribution is 5.92. The number of aromatic nitrogens is 4. The van der Waals surface area contributed by atoms with E-state index in [9.17, 15) is 4.79 Å². The van der Waals surface area contributed by atoms with Gasteiger partial charge in [-0.25, -0.2) is 9.48 Å². The predicted molar refractivity (Wildman–Crippen MR) is 94.0 cm³/mol. The lowest BCUT2D eigenvalue weighted by Crippen LogP contribution is -2.21. The van der Waals surface area contributed by atoms with Crippen molar-refractivity contribution in [2.75, 3.05) is 18.0 Å². The van der Waals surface area contributed by atoms with E-state index in [1.165, 1.54) is 11.9 Å². The van der Waals surface area contributed by atoms with E-state index in [0.29, 0.717) is 0 Å². The van der Waals surface area contributed by atoms with E-state index in [2.05, 4.69) is 34.3 Å². The van der Waals surface area contributed by atoms with Crippen molar-refractivity contribution in [1.82, 2.24) is 20.0 Å². The van der Waals surface area contributed by atoms with Gasteiger partial charge in [0.15, 0.2) is 5.69 Å². The first kappa shape index (κ1) is 15.6. The molecule has 7 heteroatoms. The van der Waals surface area contributed by atoms with Gasteiger partial charge in [-0.1, -0.05) is 30.3 Å². The van der Waals surface area contributed by atoms with E-state index in [0.717, 1.165) is 42.5 Å². The maximum absolute atomic E-state index is 11.0. The molecule has 0 aliphatic carbocycles. The second-order valence-electron chi connectivity index (χ2n) is 6.28. The minimum atomic E-state index is -1.05. The van der Waals surface area contributed by atoms with E-state index >= 15 is 0 Å². The Morgan fingerprint density at radius 3 is 2.96 bits per heavy atom. The van der Waals surface area contributed by atoms with Gasteiger partial charge in [0.1, 0.15) is 0 Å². The molecule has 3 aromatic rings. The van der Waals surface area contributed by atoms with Crippen LogP contribution in [-0.4, -0.2) is 44.1 Å². The molecule has 1 fully saturated rings. The molecule has 1 aliphatic heterocycles. The van der Waals surface area contributed by atoms with Crippen molar-refractivity contribution in [1.29, 1.82) is 0 Å². The summed E-state index contributed by atoms with van der Waals surface area (Å²) in [5.41, 5.74) is 3.25. The van der Waals surface area contributed by atoms with Crippen LogP contribution >= 0.6 is 0 Å². The van der Waals surface area contributed by atoms with Crippen LogP contribution in [0.15, 0.2) is 36.5 Å². The summed E-state index contributed by atoms with van der Waals surface area (Å²) in [5, 5.41) is 17.9. The second kappa shape index (κ2) is 6.16. The number of hydrogen-bond donors (Lipinski definition) is 1. The number of aryl methyl sites for hydroxylation is 1. The van der Waals surface area contributed by atoms with Gasteiger partial charge in [-0.05, 0) is 25.0 Å². The monoisotopic (exact) mass is 337 g/mol. The molecule has 1 atom stereocenters. The molecule has 1 unspecified atom stereocenters. The summed E-state index contributed by atoms with van der Waals surface area (Å²) in [6.07, 6.45) is 3.30. The van der Waals surface area contributed by atoms with Gasteiger partial charge in [0.05, 0.1) is 17.8 Å².